The highest BCUT2D eigenvalue weighted by atomic mass is 16.5. The zero-order valence-corrected chi connectivity index (χ0v) is 13.1. The minimum atomic E-state index is 0.0150. The van der Waals surface area contributed by atoms with E-state index in [0.29, 0.717) is 12.7 Å². The van der Waals surface area contributed by atoms with Crippen molar-refractivity contribution in [2.24, 2.45) is 0 Å². The van der Waals surface area contributed by atoms with Crippen LogP contribution in [0.15, 0.2) is 0 Å². The van der Waals surface area contributed by atoms with Crippen LogP contribution >= 0.6 is 0 Å². The number of hydrogen-bond acceptors (Lipinski definition) is 3. The molecule has 0 bridgehead atoms. The van der Waals surface area contributed by atoms with Crippen LogP contribution in [0.5, 0.6) is 0 Å². The minimum absolute atomic E-state index is 0.0150. The maximum Gasteiger partial charge on any atom is 0.241 e. The summed E-state index contributed by atoms with van der Waals surface area (Å²) in [6, 6.07) is 0.0150. The predicted octanol–water partition coefficient (Wildman–Crippen LogP) is 2.67. The molecular formula is C16H30N2O2. The lowest BCUT2D eigenvalue weighted by atomic mass is 9.98. The van der Waals surface area contributed by atoms with E-state index in [9.17, 15) is 4.79 Å². The maximum atomic E-state index is 12.3. The first-order valence-corrected chi connectivity index (χ1v) is 8.44. The molecule has 2 unspecified atom stereocenters. The summed E-state index contributed by atoms with van der Waals surface area (Å²) in [6.45, 7) is 5.67. The van der Waals surface area contributed by atoms with Gasteiger partial charge in [0.25, 0.3) is 0 Å². The Bertz CT molecular complexity index is 303. The van der Waals surface area contributed by atoms with E-state index in [2.05, 4.69) is 19.2 Å². The van der Waals surface area contributed by atoms with Crippen molar-refractivity contribution in [1.29, 1.82) is 0 Å². The molecule has 0 aromatic rings. The molecule has 1 aliphatic carbocycles. The van der Waals surface area contributed by atoms with Gasteiger partial charge in [0.2, 0.25) is 5.91 Å². The van der Waals surface area contributed by atoms with E-state index in [1.807, 2.05) is 4.90 Å². The van der Waals surface area contributed by atoms with E-state index in [1.165, 1.54) is 32.1 Å². The van der Waals surface area contributed by atoms with Crippen LogP contribution in [0.1, 0.15) is 65.2 Å². The summed E-state index contributed by atoms with van der Waals surface area (Å²) in [5, 5.41) is 3.45. The molecule has 0 aromatic heterocycles. The second kappa shape index (κ2) is 7.99. The van der Waals surface area contributed by atoms with E-state index in [4.69, 9.17) is 4.74 Å². The minimum Gasteiger partial charge on any atom is -0.376 e. The lowest BCUT2D eigenvalue weighted by molar-refractivity contribution is -0.131. The standard InChI is InChI=1S/C16H30N2O2/c1-3-8-15-17-14(4-2)16(19)18(15)11-12-20-13-9-6-5-7-10-13/h13-15,17H,3-12H2,1-2H3. The van der Waals surface area contributed by atoms with Gasteiger partial charge in [0, 0.05) is 6.54 Å². The Kier molecular flexibility index (Phi) is 6.30. The molecule has 0 aromatic carbocycles. The van der Waals surface area contributed by atoms with Crippen LogP contribution in [0.25, 0.3) is 0 Å². The molecular weight excluding hydrogens is 252 g/mol. The van der Waals surface area contributed by atoms with Gasteiger partial charge >= 0.3 is 0 Å². The van der Waals surface area contributed by atoms with Gasteiger partial charge in [-0.25, -0.2) is 0 Å². The summed E-state index contributed by atoms with van der Waals surface area (Å²) in [7, 11) is 0. The number of amides is 1. The third-order valence-electron chi connectivity index (χ3n) is 4.56. The number of nitrogens with zero attached hydrogens (tertiary/aromatic N) is 1. The van der Waals surface area contributed by atoms with Gasteiger partial charge in [0.1, 0.15) is 0 Å². The number of rotatable bonds is 7. The van der Waals surface area contributed by atoms with Gasteiger partial charge < -0.3 is 9.64 Å². The second-order valence-electron chi connectivity index (χ2n) is 6.09. The Morgan fingerprint density at radius 2 is 2.00 bits per heavy atom. The SMILES string of the molecule is CCCC1NC(CC)C(=O)N1CCOC1CCCCC1. The van der Waals surface area contributed by atoms with E-state index in [1.54, 1.807) is 0 Å². The van der Waals surface area contributed by atoms with Crippen molar-refractivity contribution in [3.8, 4) is 0 Å². The molecule has 1 amide bonds. The van der Waals surface area contributed by atoms with Gasteiger partial charge in [-0.2, -0.15) is 0 Å². The second-order valence-corrected chi connectivity index (χ2v) is 6.09. The number of carbonyl (C=O) groups is 1. The van der Waals surface area contributed by atoms with E-state index in [0.717, 1.165) is 25.8 Å². The normalized spacial score (nSPS) is 28.3. The zero-order valence-electron chi connectivity index (χ0n) is 13.1. The Morgan fingerprint density at radius 1 is 1.25 bits per heavy atom. The summed E-state index contributed by atoms with van der Waals surface area (Å²) in [4.78, 5) is 14.3. The summed E-state index contributed by atoms with van der Waals surface area (Å²) < 4.78 is 5.97. The van der Waals surface area contributed by atoms with Crippen LogP contribution in [0.4, 0.5) is 0 Å². The lowest BCUT2D eigenvalue weighted by Crippen LogP contribution is -2.39. The van der Waals surface area contributed by atoms with Gasteiger partial charge in [-0.05, 0) is 25.7 Å². The van der Waals surface area contributed by atoms with Crippen LogP contribution in [0.3, 0.4) is 0 Å². The van der Waals surface area contributed by atoms with Crippen molar-refractivity contribution < 1.29 is 9.53 Å². The molecule has 2 aliphatic rings. The summed E-state index contributed by atoms with van der Waals surface area (Å²) in [6.07, 6.45) is 9.99. The number of carbonyl (C=O) groups excluding carboxylic acids is 1. The van der Waals surface area contributed by atoms with Gasteiger partial charge in [-0.1, -0.05) is 39.5 Å². The molecule has 1 saturated carbocycles. The molecule has 2 fully saturated rings. The van der Waals surface area contributed by atoms with Crippen LogP contribution < -0.4 is 5.32 Å². The summed E-state index contributed by atoms with van der Waals surface area (Å²) in [5.41, 5.74) is 0. The number of nitrogens with one attached hydrogen (secondary N) is 1. The highest BCUT2D eigenvalue weighted by molar-refractivity contribution is 5.84. The lowest BCUT2D eigenvalue weighted by Gasteiger charge is -2.26. The molecule has 2 rings (SSSR count). The van der Waals surface area contributed by atoms with Crippen LogP contribution in [0.2, 0.25) is 0 Å². The van der Waals surface area contributed by atoms with Crippen molar-refractivity contribution in [2.75, 3.05) is 13.2 Å². The average molecular weight is 282 g/mol. The molecule has 20 heavy (non-hydrogen) atoms. The summed E-state index contributed by atoms with van der Waals surface area (Å²) >= 11 is 0. The Morgan fingerprint density at radius 3 is 2.65 bits per heavy atom. The van der Waals surface area contributed by atoms with Gasteiger partial charge in [0.05, 0.1) is 24.9 Å². The van der Waals surface area contributed by atoms with Gasteiger partial charge in [0.15, 0.2) is 0 Å². The molecule has 4 heteroatoms. The molecule has 1 heterocycles. The van der Waals surface area contributed by atoms with Crippen molar-refractivity contribution in [1.82, 2.24) is 10.2 Å². The predicted molar refractivity (Wildman–Crippen MR) is 80.4 cm³/mol. The van der Waals surface area contributed by atoms with Gasteiger partial charge in [-0.3, -0.25) is 10.1 Å². The quantitative estimate of drug-likeness (QED) is 0.780. The van der Waals surface area contributed by atoms with E-state index in [-0.39, 0.29) is 18.1 Å². The molecule has 2 atom stereocenters. The van der Waals surface area contributed by atoms with Crippen LogP contribution in [-0.2, 0) is 9.53 Å². The largest absolute Gasteiger partial charge is 0.376 e. The smallest absolute Gasteiger partial charge is 0.241 e. The van der Waals surface area contributed by atoms with Gasteiger partial charge in [-0.15, -0.1) is 0 Å². The monoisotopic (exact) mass is 282 g/mol. The van der Waals surface area contributed by atoms with Crippen LogP contribution in [0, 0.1) is 0 Å². The van der Waals surface area contributed by atoms with Crippen molar-refractivity contribution in [2.45, 2.75) is 83.5 Å². The average Bonchev–Trinajstić information content (AvgIpc) is 2.77. The molecule has 0 spiro atoms. The zero-order chi connectivity index (χ0) is 14.4. The van der Waals surface area contributed by atoms with Crippen LogP contribution in [-0.4, -0.2) is 42.3 Å². The Hall–Kier alpha value is -0.610. The molecule has 4 nitrogen and oxygen atoms in total. The maximum absolute atomic E-state index is 12.3. The fraction of sp³-hybridized carbons (Fsp3) is 0.938. The number of hydrogen-bond donors (Lipinski definition) is 1. The third kappa shape index (κ3) is 3.95. The first kappa shape index (κ1) is 15.8. The first-order chi connectivity index (χ1) is 9.76. The van der Waals surface area contributed by atoms with E-state index >= 15 is 0 Å². The van der Waals surface area contributed by atoms with Crippen molar-refractivity contribution in [3.63, 3.8) is 0 Å². The highest BCUT2D eigenvalue weighted by Gasteiger charge is 2.36. The topological polar surface area (TPSA) is 41.6 Å². The Labute approximate surface area is 123 Å². The third-order valence-corrected chi connectivity index (χ3v) is 4.56. The molecule has 1 saturated heterocycles. The first-order valence-electron chi connectivity index (χ1n) is 8.44. The molecule has 1 aliphatic heterocycles. The fourth-order valence-electron chi connectivity index (χ4n) is 3.37. The fourth-order valence-corrected chi connectivity index (χ4v) is 3.37. The molecule has 0 radical (unpaired) electrons. The Balaban J connectivity index is 1.77. The molecule has 116 valence electrons. The van der Waals surface area contributed by atoms with E-state index < -0.39 is 0 Å². The molecule has 1 N–H and O–H groups in total. The van der Waals surface area contributed by atoms with Crippen molar-refractivity contribution in [3.05, 3.63) is 0 Å². The summed E-state index contributed by atoms with van der Waals surface area (Å²) in [5.74, 6) is 0.262. The highest BCUT2D eigenvalue weighted by Crippen LogP contribution is 2.21. The van der Waals surface area contributed by atoms with Crippen molar-refractivity contribution >= 4 is 5.91 Å². The number of ether oxygens (including phenoxy) is 1.